The largest absolute Gasteiger partial charge is 0.478 e. The van der Waals surface area contributed by atoms with Gasteiger partial charge in [0.25, 0.3) is 0 Å². The molecule has 0 atom stereocenters. The number of hydrogen-bond donors (Lipinski definition) is 3. The number of carboxylic acids is 1. The summed E-state index contributed by atoms with van der Waals surface area (Å²) >= 11 is 1.18. The molecular formula is C13H19NO5S. The molecule has 0 aliphatic heterocycles. The van der Waals surface area contributed by atoms with E-state index >= 15 is 0 Å². The minimum Gasteiger partial charge on any atom is -0.478 e. The zero-order valence-corrected chi connectivity index (χ0v) is 12.5. The van der Waals surface area contributed by atoms with E-state index in [1.54, 1.807) is 20.8 Å². The molecule has 7 heteroatoms. The van der Waals surface area contributed by atoms with E-state index in [0.29, 0.717) is 12.8 Å². The average Bonchev–Trinajstić information content (AvgIpc) is 2.66. The van der Waals surface area contributed by atoms with Crippen molar-refractivity contribution >= 4 is 28.4 Å². The Kier molecular flexibility index (Phi) is 5.52. The standard InChI is InChI=1S/C13H19NO5S/c1-13(2,3)19-12(18)14-10-9(11(16)17)7-8(20-10)5-4-6-15/h7,15H,4-6H2,1-3H3,(H,14,18)(H,16,17). The van der Waals surface area contributed by atoms with E-state index in [9.17, 15) is 9.59 Å². The number of aryl methyl sites for hydroxylation is 1. The topological polar surface area (TPSA) is 95.9 Å². The van der Waals surface area contributed by atoms with Crippen LogP contribution in [0, 0.1) is 0 Å². The van der Waals surface area contributed by atoms with Crippen molar-refractivity contribution in [2.75, 3.05) is 11.9 Å². The molecule has 1 amide bonds. The van der Waals surface area contributed by atoms with Gasteiger partial charge in [0.1, 0.15) is 10.6 Å². The number of rotatable bonds is 5. The molecule has 20 heavy (non-hydrogen) atoms. The first-order valence-electron chi connectivity index (χ1n) is 6.20. The third-order valence-corrected chi connectivity index (χ3v) is 3.32. The summed E-state index contributed by atoms with van der Waals surface area (Å²) in [5.74, 6) is -1.11. The molecule has 1 aromatic rings. The van der Waals surface area contributed by atoms with E-state index in [1.165, 1.54) is 17.4 Å². The highest BCUT2D eigenvalue weighted by Gasteiger charge is 2.21. The molecule has 1 aromatic heterocycles. The number of anilines is 1. The second-order valence-electron chi connectivity index (χ2n) is 5.21. The Hall–Kier alpha value is -1.60. The van der Waals surface area contributed by atoms with Crippen LogP contribution in [0.1, 0.15) is 42.4 Å². The highest BCUT2D eigenvalue weighted by atomic mass is 32.1. The van der Waals surface area contributed by atoms with E-state index in [2.05, 4.69) is 5.32 Å². The van der Waals surface area contributed by atoms with Crippen molar-refractivity contribution in [2.45, 2.75) is 39.2 Å². The fraction of sp³-hybridized carbons (Fsp3) is 0.538. The summed E-state index contributed by atoms with van der Waals surface area (Å²) in [6, 6.07) is 1.51. The SMILES string of the molecule is CC(C)(C)OC(=O)Nc1sc(CCCO)cc1C(=O)O. The number of carbonyl (C=O) groups is 2. The van der Waals surface area contributed by atoms with Gasteiger partial charge in [0.05, 0.1) is 5.56 Å². The Morgan fingerprint density at radius 1 is 1.40 bits per heavy atom. The van der Waals surface area contributed by atoms with Crippen LogP contribution in [0.15, 0.2) is 6.07 Å². The predicted molar refractivity (Wildman–Crippen MR) is 76.5 cm³/mol. The summed E-state index contributed by atoms with van der Waals surface area (Å²) in [4.78, 5) is 23.6. The zero-order chi connectivity index (χ0) is 15.3. The number of aliphatic hydroxyl groups excluding tert-OH is 1. The summed E-state index contributed by atoms with van der Waals surface area (Å²) < 4.78 is 5.09. The summed E-state index contributed by atoms with van der Waals surface area (Å²) in [6.45, 7) is 5.22. The lowest BCUT2D eigenvalue weighted by Gasteiger charge is -2.19. The number of hydrogen-bond acceptors (Lipinski definition) is 5. The van der Waals surface area contributed by atoms with Crippen molar-refractivity contribution < 1.29 is 24.5 Å². The Morgan fingerprint density at radius 3 is 2.55 bits per heavy atom. The second-order valence-corrected chi connectivity index (χ2v) is 6.35. The fourth-order valence-corrected chi connectivity index (χ4v) is 2.54. The Labute approximate surface area is 121 Å². The minimum atomic E-state index is -1.11. The summed E-state index contributed by atoms with van der Waals surface area (Å²) in [5, 5.41) is 20.6. The maximum absolute atomic E-state index is 11.7. The van der Waals surface area contributed by atoms with Crippen LogP contribution in [-0.2, 0) is 11.2 Å². The zero-order valence-electron chi connectivity index (χ0n) is 11.7. The first kappa shape index (κ1) is 16.5. The molecule has 0 aliphatic rings. The number of aliphatic hydroxyl groups is 1. The molecule has 0 aliphatic carbocycles. The number of nitrogens with one attached hydrogen (secondary N) is 1. The molecule has 0 fully saturated rings. The Balaban J connectivity index is 2.84. The first-order valence-corrected chi connectivity index (χ1v) is 7.01. The van der Waals surface area contributed by atoms with Crippen LogP contribution in [0.3, 0.4) is 0 Å². The van der Waals surface area contributed by atoms with E-state index in [4.69, 9.17) is 14.9 Å². The maximum Gasteiger partial charge on any atom is 0.412 e. The molecular weight excluding hydrogens is 282 g/mol. The number of carbonyl (C=O) groups excluding carboxylic acids is 1. The van der Waals surface area contributed by atoms with Crippen LogP contribution in [0.25, 0.3) is 0 Å². The molecule has 0 saturated heterocycles. The monoisotopic (exact) mass is 301 g/mol. The molecule has 0 aromatic carbocycles. The van der Waals surface area contributed by atoms with Crippen molar-refractivity contribution in [2.24, 2.45) is 0 Å². The van der Waals surface area contributed by atoms with E-state index < -0.39 is 17.7 Å². The predicted octanol–water partition coefficient (Wildman–Crippen LogP) is 2.72. The molecule has 0 unspecified atom stereocenters. The van der Waals surface area contributed by atoms with Gasteiger partial charge in [-0.3, -0.25) is 5.32 Å². The van der Waals surface area contributed by atoms with Crippen LogP contribution in [0.5, 0.6) is 0 Å². The second kappa shape index (κ2) is 6.71. The Bertz CT molecular complexity index is 489. The Morgan fingerprint density at radius 2 is 2.05 bits per heavy atom. The average molecular weight is 301 g/mol. The van der Waals surface area contributed by atoms with Gasteiger partial charge in [-0.2, -0.15) is 0 Å². The summed E-state index contributed by atoms with van der Waals surface area (Å²) in [6.07, 6.45) is 0.429. The molecule has 3 N–H and O–H groups in total. The van der Waals surface area contributed by atoms with Gasteiger partial charge in [-0.25, -0.2) is 9.59 Å². The lowest BCUT2D eigenvalue weighted by Crippen LogP contribution is -2.27. The third-order valence-electron chi connectivity index (χ3n) is 2.21. The van der Waals surface area contributed by atoms with Gasteiger partial charge in [-0.1, -0.05) is 0 Å². The first-order chi connectivity index (χ1) is 9.23. The number of thiophene rings is 1. The van der Waals surface area contributed by atoms with Gasteiger partial charge in [0, 0.05) is 11.5 Å². The number of ether oxygens (including phenoxy) is 1. The van der Waals surface area contributed by atoms with Crippen molar-refractivity contribution in [3.63, 3.8) is 0 Å². The highest BCUT2D eigenvalue weighted by molar-refractivity contribution is 7.16. The van der Waals surface area contributed by atoms with Crippen molar-refractivity contribution in [3.8, 4) is 0 Å². The maximum atomic E-state index is 11.7. The van der Waals surface area contributed by atoms with Gasteiger partial charge in [-0.05, 0) is 39.7 Å². The third kappa shape index (κ3) is 5.18. The lowest BCUT2D eigenvalue weighted by atomic mass is 10.2. The summed E-state index contributed by atoms with van der Waals surface area (Å²) in [5.41, 5.74) is -0.612. The van der Waals surface area contributed by atoms with Crippen molar-refractivity contribution in [1.82, 2.24) is 0 Å². The number of amides is 1. The van der Waals surface area contributed by atoms with Crippen molar-refractivity contribution in [3.05, 3.63) is 16.5 Å². The summed E-state index contributed by atoms with van der Waals surface area (Å²) in [7, 11) is 0. The smallest absolute Gasteiger partial charge is 0.412 e. The van der Waals surface area contributed by atoms with E-state index in [1.807, 2.05) is 0 Å². The highest BCUT2D eigenvalue weighted by Crippen LogP contribution is 2.29. The molecule has 112 valence electrons. The van der Waals surface area contributed by atoms with E-state index in [-0.39, 0.29) is 17.2 Å². The number of aromatic carboxylic acids is 1. The molecule has 6 nitrogen and oxygen atoms in total. The van der Waals surface area contributed by atoms with Crippen LogP contribution in [0.4, 0.5) is 9.80 Å². The molecule has 0 spiro atoms. The normalized spacial score (nSPS) is 11.2. The molecule has 0 radical (unpaired) electrons. The van der Waals surface area contributed by atoms with Crippen molar-refractivity contribution in [1.29, 1.82) is 0 Å². The van der Waals surface area contributed by atoms with Crippen LogP contribution >= 0.6 is 11.3 Å². The molecule has 0 saturated carbocycles. The van der Waals surface area contributed by atoms with Gasteiger partial charge in [-0.15, -0.1) is 11.3 Å². The van der Waals surface area contributed by atoms with Gasteiger partial charge in [0.15, 0.2) is 0 Å². The lowest BCUT2D eigenvalue weighted by molar-refractivity contribution is 0.0636. The van der Waals surface area contributed by atoms with Crippen LogP contribution in [-0.4, -0.2) is 34.5 Å². The molecule has 0 bridgehead atoms. The van der Waals surface area contributed by atoms with Gasteiger partial charge >= 0.3 is 12.1 Å². The van der Waals surface area contributed by atoms with Gasteiger partial charge < -0.3 is 14.9 Å². The van der Waals surface area contributed by atoms with Crippen LogP contribution in [0.2, 0.25) is 0 Å². The molecule has 1 heterocycles. The quantitative estimate of drug-likeness (QED) is 0.777. The molecule has 1 rings (SSSR count). The minimum absolute atomic E-state index is 0.0359. The number of carboxylic acid groups (broad SMARTS) is 1. The van der Waals surface area contributed by atoms with Crippen LogP contribution < -0.4 is 5.32 Å². The van der Waals surface area contributed by atoms with E-state index in [0.717, 1.165) is 4.88 Å². The fourth-order valence-electron chi connectivity index (χ4n) is 1.47. The van der Waals surface area contributed by atoms with Gasteiger partial charge in [0.2, 0.25) is 0 Å².